The molecule has 0 aliphatic rings. The van der Waals surface area contributed by atoms with Gasteiger partial charge in [0.25, 0.3) is 0 Å². The molecular weight excluding hydrogens is 226 g/mol. The van der Waals surface area contributed by atoms with Gasteiger partial charge in [-0.3, -0.25) is 4.79 Å². The molecule has 0 aromatic rings. The molecule has 0 aromatic carbocycles. The van der Waals surface area contributed by atoms with E-state index >= 15 is 0 Å². The number of hydrogen-bond acceptors (Lipinski definition) is 3. The molecule has 0 spiro atoms. The van der Waals surface area contributed by atoms with Crippen molar-refractivity contribution in [2.75, 3.05) is 12.0 Å². The topological polar surface area (TPSA) is 66.4 Å². The predicted molar refractivity (Wildman–Crippen MR) is 66.6 cm³/mol. The van der Waals surface area contributed by atoms with E-state index in [0.717, 1.165) is 12.2 Å². The number of carboxylic acid groups (broad SMARTS) is 1. The van der Waals surface area contributed by atoms with E-state index < -0.39 is 11.5 Å². The molecule has 0 radical (unpaired) electrons. The number of hydrogen-bond donors (Lipinski definition) is 2. The third-order valence-corrected chi connectivity index (χ3v) is 3.45. The van der Waals surface area contributed by atoms with Gasteiger partial charge < -0.3 is 10.4 Å². The summed E-state index contributed by atoms with van der Waals surface area (Å²) in [5, 5.41) is 11.7. The van der Waals surface area contributed by atoms with E-state index in [-0.39, 0.29) is 11.8 Å². The van der Waals surface area contributed by atoms with Crippen LogP contribution in [0.2, 0.25) is 0 Å². The van der Waals surface area contributed by atoms with Crippen molar-refractivity contribution < 1.29 is 14.7 Å². The Labute approximate surface area is 101 Å². The van der Waals surface area contributed by atoms with E-state index in [9.17, 15) is 9.59 Å². The average Bonchev–Trinajstić information content (AvgIpc) is 2.17. The van der Waals surface area contributed by atoms with Gasteiger partial charge in [0, 0.05) is 6.42 Å². The molecule has 1 atom stereocenters. The molecule has 4 nitrogen and oxygen atoms in total. The molecule has 2 N–H and O–H groups in total. The maximum absolute atomic E-state index is 11.6. The predicted octanol–water partition coefficient (Wildman–Crippen LogP) is 1.75. The van der Waals surface area contributed by atoms with Crippen LogP contribution < -0.4 is 5.32 Å². The highest BCUT2D eigenvalue weighted by Crippen LogP contribution is 2.17. The zero-order chi connectivity index (χ0) is 12.8. The summed E-state index contributed by atoms with van der Waals surface area (Å²) in [5.41, 5.74) is -1.17. The molecule has 1 unspecified atom stereocenters. The molecule has 1 amide bonds. The first-order chi connectivity index (χ1) is 7.34. The summed E-state index contributed by atoms with van der Waals surface area (Å²) in [4.78, 5) is 22.7. The first-order valence-corrected chi connectivity index (χ1v) is 6.77. The van der Waals surface area contributed by atoms with Gasteiger partial charge in [0.05, 0.1) is 0 Å². The number of thioether (sulfide) groups is 1. The molecule has 0 saturated heterocycles. The van der Waals surface area contributed by atoms with Crippen LogP contribution >= 0.6 is 11.8 Å². The summed E-state index contributed by atoms with van der Waals surface area (Å²) in [5.74, 6) is -0.401. The lowest BCUT2D eigenvalue weighted by Crippen LogP contribution is -2.55. The van der Waals surface area contributed by atoms with E-state index in [0.29, 0.717) is 6.42 Å². The van der Waals surface area contributed by atoms with Crippen molar-refractivity contribution in [3.05, 3.63) is 0 Å². The van der Waals surface area contributed by atoms with Gasteiger partial charge in [-0.2, -0.15) is 11.8 Å². The third-order valence-electron chi connectivity index (χ3n) is 2.75. The van der Waals surface area contributed by atoms with E-state index in [4.69, 9.17) is 5.11 Å². The molecule has 0 heterocycles. The van der Waals surface area contributed by atoms with Crippen molar-refractivity contribution in [2.24, 2.45) is 5.92 Å². The van der Waals surface area contributed by atoms with Crippen LogP contribution in [0.3, 0.4) is 0 Å². The standard InChI is InChI=1S/C11H21NO3S/c1-8(2)11(3,10(14)15)12-9(13)6-5-7-16-4/h8H,5-7H2,1-4H3,(H,12,13)(H,14,15). The Morgan fingerprint density at radius 3 is 2.38 bits per heavy atom. The molecule has 0 aliphatic heterocycles. The first-order valence-electron chi connectivity index (χ1n) is 5.38. The second-order valence-corrected chi connectivity index (χ2v) is 5.29. The van der Waals surface area contributed by atoms with Gasteiger partial charge >= 0.3 is 5.97 Å². The second kappa shape index (κ2) is 6.78. The summed E-state index contributed by atoms with van der Waals surface area (Å²) >= 11 is 1.68. The van der Waals surface area contributed by atoms with Crippen molar-refractivity contribution in [3.63, 3.8) is 0 Å². The Balaban J connectivity index is 4.31. The monoisotopic (exact) mass is 247 g/mol. The molecular formula is C11H21NO3S. The van der Waals surface area contributed by atoms with Crippen molar-refractivity contribution in [1.29, 1.82) is 0 Å². The van der Waals surface area contributed by atoms with E-state index in [2.05, 4.69) is 5.32 Å². The number of aliphatic carboxylic acids is 1. The van der Waals surface area contributed by atoms with E-state index in [1.807, 2.05) is 6.26 Å². The van der Waals surface area contributed by atoms with Gasteiger partial charge in [-0.15, -0.1) is 0 Å². The largest absolute Gasteiger partial charge is 0.480 e. The number of amides is 1. The maximum atomic E-state index is 11.6. The molecule has 0 aromatic heterocycles. The lowest BCUT2D eigenvalue weighted by molar-refractivity contribution is -0.149. The summed E-state index contributed by atoms with van der Waals surface area (Å²) in [7, 11) is 0. The van der Waals surface area contributed by atoms with Gasteiger partial charge in [-0.05, 0) is 31.3 Å². The number of carbonyl (C=O) groups is 2. The van der Waals surface area contributed by atoms with Crippen LogP contribution in [0.5, 0.6) is 0 Å². The first kappa shape index (κ1) is 15.3. The number of carbonyl (C=O) groups excluding carboxylic acids is 1. The highest BCUT2D eigenvalue weighted by molar-refractivity contribution is 7.98. The molecule has 0 aliphatic carbocycles. The molecule has 0 saturated carbocycles. The molecule has 0 rings (SSSR count). The van der Waals surface area contributed by atoms with Crippen molar-refractivity contribution >= 4 is 23.6 Å². The Hall–Kier alpha value is -0.710. The Kier molecular flexibility index (Phi) is 6.48. The van der Waals surface area contributed by atoms with Crippen LogP contribution in [0, 0.1) is 5.92 Å². The van der Waals surface area contributed by atoms with Crippen LogP contribution in [0.15, 0.2) is 0 Å². The van der Waals surface area contributed by atoms with E-state index in [1.165, 1.54) is 0 Å². The molecule has 0 bridgehead atoms. The highest BCUT2D eigenvalue weighted by Gasteiger charge is 2.37. The van der Waals surface area contributed by atoms with Crippen LogP contribution in [-0.4, -0.2) is 34.5 Å². The zero-order valence-corrected chi connectivity index (χ0v) is 11.2. The number of nitrogens with one attached hydrogen (secondary N) is 1. The summed E-state index contributed by atoms with van der Waals surface area (Å²) in [6.07, 6.45) is 3.14. The van der Waals surface area contributed by atoms with Crippen LogP contribution in [0.1, 0.15) is 33.6 Å². The van der Waals surface area contributed by atoms with Gasteiger partial charge in [0.2, 0.25) is 5.91 Å². The fourth-order valence-corrected chi connectivity index (χ4v) is 1.61. The van der Waals surface area contributed by atoms with Crippen molar-refractivity contribution in [1.82, 2.24) is 5.32 Å². The molecule has 16 heavy (non-hydrogen) atoms. The van der Waals surface area contributed by atoms with Gasteiger partial charge in [0.1, 0.15) is 5.54 Å². The minimum atomic E-state index is -1.17. The zero-order valence-electron chi connectivity index (χ0n) is 10.4. The maximum Gasteiger partial charge on any atom is 0.329 e. The van der Waals surface area contributed by atoms with Crippen LogP contribution in [-0.2, 0) is 9.59 Å². The van der Waals surface area contributed by atoms with Crippen molar-refractivity contribution in [3.8, 4) is 0 Å². The minimum Gasteiger partial charge on any atom is -0.480 e. The molecule has 0 fully saturated rings. The quantitative estimate of drug-likeness (QED) is 0.673. The number of carboxylic acids is 1. The lowest BCUT2D eigenvalue weighted by atomic mass is 9.88. The summed E-state index contributed by atoms with van der Waals surface area (Å²) < 4.78 is 0. The Morgan fingerprint density at radius 2 is 2.00 bits per heavy atom. The minimum absolute atomic E-state index is 0.144. The number of rotatable bonds is 7. The van der Waals surface area contributed by atoms with Gasteiger partial charge in [0.15, 0.2) is 0 Å². The van der Waals surface area contributed by atoms with E-state index in [1.54, 1.807) is 32.5 Å². The summed E-state index contributed by atoms with van der Waals surface area (Å²) in [6, 6.07) is 0. The second-order valence-electron chi connectivity index (χ2n) is 4.31. The third kappa shape index (κ3) is 4.43. The fraction of sp³-hybridized carbons (Fsp3) is 0.818. The van der Waals surface area contributed by atoms with Crippen molar-refractivity contribution in [2.45, 2.75) is 39.2 Å². The normalized spacial score (nSPS) is 14.6. The van der Waals surface area contributed by atoms with Gasteiger partial charge in [-0.25, -0.2) is 4.79 Å². The molecule has 5 heteroatoms. The lowest BCUT2D eigenvalue weighted by Gasteiger charge is -2.30. The fourth-order valence-electron chi connectivity index (χ4n) is 1.17. The smallest absolute Gasteiger partial charge is 0.329 e. The van der Waals surface area contributed by atoms with Crippen LogP contribution in [0.25, 0.3) is 0 Å². The summed E-state index contributed by atoms with van der Waals surface area (Å²) in [6.45, 7) is 5.12. The van der Waals surface area contributed by atoms with Gasteiger partial charge in [-0.1, -0.05) is 13.8 Å². The average molecular weight is 247 g/mol. The van der Waals surface area contributed by atoms with Crippen LogP contribution in [0.4, 0.5) is 0 Å². The Morgan fingerprint density at radius 1 is 1.44 bits per heavy atom. The Bertz CT molecular complexity index is 256. The highest BCUT2D eigenvalue weighted by atomic mass is 32.2. The SMILES string of the molecule is CSCCCC(=O)NC(C)(C(=O)O)C(C)C. The molecule has 94 valence electrons.